The van der Waals surface area contributed by atoms with Crippen molar-refractivity contribution in [2.45, 2.75) is 65.7 Å². The second-order valence-corrected chi connectivity index (χ2v) is 16.2. The zero-order chi connectivity index (χ0) is 38.6. The molecule has 5 heteroatoms. The minimum absolute atomic E-state index is 0.145. The highest BCUT2D eigenvalue weighted by Gasteiger charge is 2.27. The Bertz CT molecular complexity index is 2690. The van der Waals surface area contributed by atoms with Crippen molar-refractivity contribution in [3.05, 3.63) is 156 Å². The summed E-state index contributed by atoms with van der Waals surface area (Å²) in [7, 11) is 0. The number of benzene rings is 6. The van der Waals surface area contributed by atoms with Gasteiger partial charge in [-0.2, -0.15) is 0 Å². The Morgan fingerprint density at radius 1 is 0.636 bits per heavy atom. The van der Waals surface area contributed by atoms with E-state index in [1.807, 2.05) is 66.9 Å². The fraction of sp³-hybridized carbons (Fsp3) is 0.200. The SMILES string of the molecule is CC(C)c1cccc(C(C)C)c1-n1c(-c2ccc3ccccc3c2O)nc2c(-c3cc(-c4cc(-c5ccccc5)ccn4)cc(C(C)(C)C)c3)cc(F)cc21. The van der Waals surface area contributed by atoms with Crippen LogP contribution in [0.1, 0.15) is 77.0 Å². The topological polar surface area (TPSA) is 50.9 Å². The summed E-state index contributed by atoms with van der Waals surface area (Å²) in [4.78, 5) is 10.2. The van der Waals surface area contributed by atoms with Crippen LogP contribution in [0.25, 0.3) is 72.4 Å². The molecule has 8 aromatic rings. The fourth-order valence-electron chi connectivity index (χ4n) is 7.74. The third-order valence-corrected chi connectivity index (χ3v) is 10.7. The monoisotopic (exact) mass is 723 g/mol. The molecule has 0 radical (unpaired) electrons. The van der Waals surface area contributed by atoms with Crippen LogP contribution in [0.5, 0.6) is 5.75 Å². The second kappa shape index (κ2) is 14.0. The van der Waals surface area contributed by atoms with Gasteiger partial charge in [-0.15, -0.1) is 0 Å². The van der Waals surface area contributed by atoms with Gasteiger partial charge in [0.1, 0.15) is 17.4 Å². The quantitative estimate of drug-likeness (QED) is 0.178. The van der Waals surface area contributed by atoms with Crippen molar-refractivity contribution in [1.29, 1.82) is 0 Å². The summed E-state index contributed by atoms with van der Waals surface area (Å²) in [6, 6.07) is 42.3. The molecule has 1 N–H and O–H groups in total. The fourth-order valence-corrected chi connectivity index (χ4v) is 7.74. The number of fused-ring (bicyclic) bond motifs is 2. The van der Waals surface area contributed by atoms with Gasteiger partial charge in [-0.25, -0.2) is 9.37 Å². The number of para-hydroxylation sites is 1. The molecule has 0 amide bonds. The van der Waals surface area contributed by atoms with E-state index >= 15 is 4.39 Å². The molecule has 55 heavy (non-hydrogen) atoms. The van der Waals surface area contributed by atoms with Crippen LogP contribution in [0.15, 0.2) is 134 Å². The van der Waals surface area contributed by atoms with E-state index in [1.54, 1.807) is 12.1 Å². The summed E-state index contributed by atoms with van der Waals surface area (Å²) >= 11 is 0. The van der Waals surface area contributed by atoms with Gasteiger partial charge in [0.25, 0.3) is 0 Å². The van der Waals surface area contributed by atoms with E-state index in [-0.39, 0.29) is 28.8 Å². The van der Waals surface area contributed by atoms with Gasteiger partial charge < -0.3 is 5.11 Å². The van der Waals surface area contributed by atoms with Crippen LogP contribution in [-0.2, 0) is 5.41 Å². The van der Waals surface area contributed by atoms with Crippen molar-refractivity contribution in [1.82, 2.24) is 14.5 Å². The highest BCUT2D eigenvalue weighted by atomic mass is 19.1. The van der Waals surface area contributed by atoms with E-state index in [0.717, 1.165) is 61.1 Å². The van der Waals surface area contributed by atoms with Crippen molar-refractivity contribution in [2.75, 3.05) is 0 Å². The maximum atomic E-state index is 16.4. The summed E-state index contributed by atoms with van der Waals surface area (Å²) in [5, 5.41) is 13.6. The van der Waals surface area contributed by atoms with Gasteiger partial charge in [0.05, 0.1) is 28.0 Å². The smallest absolute Gasteiger partial charge is 0.149 e. The van der Waals surface area contributed by atoms with Crippen LogP contribution in [0.3, 0.4) is 0 Å². The molecule has 2 aromatic heterocycles. The Morgan fingerprint density at radius 2 is 1.33 bits per heavy atom. The molecule has 0 bridgehead atoms. The second-order valence-electron chi connectivity index (χ2n) is 16.2. The number of imidazole rings is 1. The Balaban J connectivity index is 1.45. The maximum Gasteiger partial charge on any atom is 0.149 e. The molecule has 0 atom stereocenters. The summed E-state index contributed by atoms with van der Waals surface area (Å²) in [6.45, 7) is 15.3. The van der Waals surface area contributed by atoms with Crippen molar-refractivity contribution < 1.29 is 9.50 Å². The highest BCUT2D eigenvalue weighted by molar-refractivity contribution is 5.99. The third-order valence-electron chi connectivity index (χ3n) is 10.7. The van der Waals surface area contributed by atoms with E-state index in [9.17, 15) is 5.11 Å². The molecule has 6 aromatic carbocycles. The highest BCUT2D eigenvalue weighted by Crippen LogP contribution is 2.44. The molecule has 2 heterocycles. The lowest BCUT2D eigenvalue weighted by molar-refractivity contribution is 0.483. The van der Waals surface area contributed by atoms with Crippen LogP contribution in [0.4, 0.5) is 4.39 Å². The van der Waals surface area contributed by atoms with Gasteiger partial charge >= 0.3 is 0 Å². The third kappa shape index (κ3) is 6.58. The molecular formula is C50H46FN3O. The van der Waals surface area contributed by atoms with E-state index in [2.05, 4.69) is 108 Å². The number of aromatic hydroxyl groups is 1. The van der Waals surface area contributed by atoms with Crippen molar-refractivity contribution in [3.63, 3.8) is 0 Å². The average Bonchev–Trinajstić information content (AvgIpc) is 3.55. The summed E-state index contributed by atoms with van der Waals surface area (Å²) in [5.41, 5.74) is 11.5. The number of phenols is 1. The van der Waals surface area contributed by atoms with Crippen LogP contribution < -0.4 is 0 Å². The number of nitrogens with zero attached hydrogens (tertiary/aromatic N) is 3. The van der Waals surface area contributed by atoms with Gasteiger partial charge in [-0.1, -0.05) is 133 Å². The van der Waals surface area contributed by atoms with E-state index in [4.69, 9.17) is 9.97 Å². The zero-order valence-corrected chi connectivity index (χ0v) is 32.5. The van der Waals surface area contributed by atoms with Gasteiger partial charge in [0.15, 0.2) is 0 Å². The van der Waals surface area contributed by atoms with Crippen LogP contribution in [0, 0.1) is 5.82 Å². The van der Waals surface area contributed by atoms with Crippen molar-refractivity contribution in [2.24, 2.45) is 0 Å². The van der Waals surface area contributed by atoms with Gasteiger partial charge in [-0.3, -0.25) is 9.55 Å². The Morgan fingerprint density at radius 3 is 2.04 bits per heavy atom. The molecule has 0 spiro atoms. The number of phenolic OH excluding ortho intramolecular Hbond substituents is 1. The molecule has 8 rings (SSSR count). The minimum Gasteiger partial charge on any atom is -0.507 e. The Labute approximate surface area is 323 Å². The van der Waals surface area contributed by atoms with E-state index in [0.29, 0.717) is 28.0 Å². The largest absolute Gasteiger partial charge is 0.507 e. The van der Waals surface area contributed by atoms with Crippen molar-refractivity contribution in [3.8, 4) is 56.3 Å². The molecular weight excluding hydrogens is 678 g/mol. The normalized spacial score (nSPS) is 12.0. The van der Waals surface area contributed by atoms with E-state index in [1.165, 1.54) is 0 Å². The van der Waals surface area contributed by atoms with Gasteiger partial charge in [0.2, 0.25) is 0 Å². The molecule has 0 aliphatic rings. The molecule has 0 unspecified atom stereocenters. The lowest BCUT2D eigenvalue weighted by Crippen LogP contribution is -2.11. The first kappa shape index (κ1) is 35.9. The number of rotatable bonds is 7. The summed E-state index contributed by atoms with van der Waals surface area (Å²) < 4.78 is 18.5. The first-order valence-corrected chi connectivity index (χ1v) is 19.1. The maximum absolute atomic E-state index is 16.4. The average molecular weight is 724 g/mol. The number of hydrogen-bond acceptors (Lipinski definition) is 3. The number of halogens is 1. The number of aromatic nitrogens is 3. The minimum atomic E-state index is -0.363. The van der Waals surface area contributed by atoms with Gasteiger partial charge in [-0.05, 0) is 92.4 Å². The van der Waals surface area contributed by atoms with E-state index < -0.39 is 0 Å². The molecule has 4 nitrogen and oxygen atoms in total. The summed E-state index contributed by atoms with van der Waals surface area (Å²) in [5.74, 6) is 0.679. The Kier molecular flexibility index (Phi) is 9.13. The Hall–Kier alpha value is -6.07. The molecule has 0 aliphatic carbocycles. The van der Waals surface area contributed by atoms with Crippen LogP contribution >= 0.6 is 0 Å². The lowest BCUT2D eigenvalue weighted by Gasteiger charge is -2.23. The number of pyridine rings is 1. The molecule has 0 saturated carbocycles. The molecule has 0 aliphatic heterocycles. The van der Waals surface area contributed by atoms with Crippen LogP contribution in [-0.4, -0.2) is 19.6 Å². The molecule has 0 saturated heterocycles. The standard InChI is InChI=1S/C50H46FN3O/c1-30(2)39-18-13-19-40(31(3)4)47(39)54-45-29-38(51)28-43(46(45)53-49(54)42-21-20-33-16-11-12-17-41(33)48(42)55)35-24-36(26-37(25-35)50(5,6)7)44-27-34(22-23-52-44)32-14-9-8-10-15-32/h8-31,55H,1-7H3. The first-order chi connectivity index (χ1) is 26.4. The van der Waals surface area contributed by atoms with Gasteiger partial charge in [0, 0.05) is 28.8 Å². The zero-order valence-electron chi connectivity index (χ0n) is 32.5. The lowest BCUT2D eigenvalue weighted by atomic mass is 9.83. The van der Waals surface area contributed by atoms with Crippen LogP contribution in [0.2, 0.25) is 0 Å². The predicted molar refractivity (Wildman–Crippen MR) is 227 cm³/mol. The summed E-state index contributed by atoms with van der Waals surface area (Å²) in [6.07, 6.45) is 1.85. The number of hydrogen-bond donors (Lipinski definition) is 1. The van der Waals surface area contributed by atoms with Crippen molar-refractivity contribution >= 4 is 21.8 Å². The first-order valence-electron chi connectivity index (χ1n) is 19.1. The predicted octanol–water partition coefficient (Wildman–Crippen LogP) is 13.6. The molecule has 274 valence electrons. The molecule has 0 fully saturated rings.